The highest BCUT2D eigenvalue weighted by Gasteiger charge is 2.15. The zero-order chi connectivity index (χ0) is 31.9. The summed E-state index contributed by atoms with van der Waals surface area (Å²) in [7, 11) is 0. The number of hydrogen-bond acceptors (Lipinski definition) is 3. The van der Waals surface area contributed by atoms with Crippen LogP contribution in [0.25, 0.3) is 52.0 Å². The molecule has 0 aliphatic heterocycles. The first-order valence-electron chi connectivity index (χ1n) is 16.3. The van der Waals surface area contributed by atoms with E-state index in [1.165, 1.54) is 62.6 Å². The maximum atomic E-state index is 2.39. The summed E-state index contributed by atoms with van der Waals surface area (Å²) in [5.74, 6) is 0. The molecule has 228 valence electrons. The number of anilines is 3. The van der Waals surface area contributed by atoms with E-state index >= 15 is 0 Å². The highest BCUT2D eigenvalue weighted by molar-refractivity contribution is 7.26. The van der Waals surface area contributed by atoms with Crippen LogP contribution in [-0.2, 0) is 6.42 Å². The van der Waals surface area contributed by atoms with E-state index in [0.717, 1.165) is 23.5 Å². The molecule has 0 radical (unpaired) electrons. The summed E-state index contributed by atoms with van der Waals surface area (Å²) in [6, 6.07) is 61.7. The van der Waals surface area contributed by atoms with Crippen molar-refractivity contribution in [3.8, 4) is 0 Å². The number of nitrogens with zero attached hydrogens (tertiary/aromatic N) is 1. The Morgan fingerprint density at radius 1 is 0.438 bits per heavy atom. The number of rotatable bonds is 7. The number of thiophene rings is 2. The second kappa shape index (κ2) is 12.3. The predicted molar refractivity (Wildman–Crippen MR) is 211 cm³/mol. The van der Waals surface area contributed by atoms with E-state index in [1.54, 1.807) is 0 Å². The third kappa shape index (κ3) is 5.37. The monoisotopic (exact) mass is 649 g/mol. The largest absolute Gasteiger partial charge is 0.310 e. The molecule has 2 heterocycles. The molecule has 0 N–H and O–H groups in total. The molecule has 3 heteroatoms. The number of para-hydroxylation sites is 2. The summed E-state index contributed by atoms with van der Waals surface area (Å²) >= 11 is 3.75. The molecular formula is C45H31NS2. The minimum absolute atomic E-state index is 0.875. The van der Waals surface area contributed by atoms with Crippen molar-refractivity contribution in [3.63, 3.8) is 0 Å². The molecule has 2 aromatic heterocycles. The zero-order valence-corrected chi connectivity index (χ0v) is 27.8. The van der Waals surface area contributed by atoms with E-state index in [1.807, 2.05) is 22.7 Å². The van der Waals surface area contributed by atoms with E-state index in [9.17, 15) is 0 Å². The average Bonchev–Trinajstić information content (AvgIpc) is 3.70. The highest BCUT2D eigenvalue weighted by atomic mass is 32.1. The summed E-state index contributed by atoms with van der Waals surface area (Å²) in [6.45, 7) is 0. The third-order valence-electron chi connectivity index (χ3n) is 9.09. The summed E-state index contributed by atoms with van der Waals surface area (Å²) in [6.07, 6.45) is 3.27. The topological polar surface area (TPSA) is 3.24 Å². The standard InChI is InChI=1S/C45H31NS2/c1-4-12-31(13-5-1)26-34(33-21-24-39-38-18-10-11-19-42(38)47-45(39)29-33)27-32-20-23-40-41-30-37(22-25-43(41)48-44(40)28-32)46(35-14-6-2-7-15-35)36-16-8-3-9-17-36/h1-25,27-30H,26H2/b34-27-. The van der Waals surface area contributed by atoms with E-state index in [2.05, 4.69) is 181 Å². The number of allylic oxidation sites excluding steroid dienone is 1. The summed E-state index contributed by atoms with van der Waals surface area (Å²) < 4.78 is 5.28. The predicted octanol–water partition coefficient (Wildman–Crippen LogP) is 13.7. The third-order valence-corrected chi connectivity index (χ3v) is 11.4. The molecule has 0 amide bonds. The van der Waals surface area contributed by atoms with Crippen LogP contribution in [0.3, 0.4) is 0 Å². The molecule has 1 nitrogen and oxygen atoms in total. The van der Waals surface area contributed by atoms with Crippen molar-refractivity contribution in [2.24, 2.45) is 0 Å². The van der Waals surface area contributed by atoms with Gasteiger partial charge in [0.25, 0.3) is 0 Å². The van der Waals surface area contributed by atoms with Crippen molar-refractivity contribution >= 4 is 91.7 Å². The molecule has 0 unspecified atom stereocenters. The van der Waals surface area contributed by atoms with Crippen LogP contribution in [0.5, 0.6) is 0 Å². The van der Waals surface area contributed by atoms with Gasteiger partial charge in [0, 0.05) is 57.4 Å². The van der Waals surface area contributed by atoms with Gasteiger partial charge in [-0.2, -0.15) is 0 Å². The van der Waals surface area contributed by atoms with Gasteiger partial charge in [-0.15, -0.1) is 22.7 Å². The van der Waals surface area contributed by atoms with Gasteiger partial charge in [-0.1, -0.05) is 115 Å². The first-order valence-corrected chi connectivity index (χ1v) is 17.9. The fraction of sp³-hybridized carbons (Fsp3) is 0.0222. The lowest BCUT2D eigenvalue weighted by Crippen LogP contribution is -2.09. The Morgan fingerprint density at radius 3 is 1.77 bits per heavy atom. The van der Waals surface area contributed by atoms with Crippen LogP contribution < -0.4 is 4.90 Å². The molecular weight excluding hydrogens is 619 g/mol. The Labute approximate surface area is 288 Å². The van der Waals surface area contributed by atoms with Gasteiger partial charge in [0.05, 0.1) is 0 Å². The molecule has 9 rings (SSSR count). The first kappa shape index (κ1) is 28.7. The zero-order valence-electron chi connectivity index (χ0n) is 26.2. The maximum Gasteiger partial charge on any atom is 0.0468 e. The van der Waals surface area contributed by atoms with Gasteiger partial charge in [0.15, 0.2) is 0 Å². The molecule has 0 aliphatic carbocycles. The van der Waals surface area contributed by atoms with Crippen LogP contribution in [0, 0.1) is 0 Å². The minimum atomic E-state index is 0.875. The second-order valence-corrected chi connectivity index (χ2v) is 14.4. The highest BCUT2D eigenvalue weighted by Crippen LogP contribution is 2.41. The molecule has 0 saturated heterocycles. The average molecular weight is 650 g/mol. The Kier molecular flexibility index (Phi) is 7.34. The van der Waals surface area contributed by atoms with Crippen LogP contribution in [0.2, 0.25) is 0 Å². The van der Waals surface area contributed by atoms with Gasteiger partial charge in [-0.3, -0.25) is 0 Å². The minimum Gasteiger partial charge on any atom is -0.310 e. The summed E-state index contributed by atoms with van der Waals surface area (Å²) in [5.41, 5.74) is 8.60. The van der Waals surface area contributed by atoms with Crippen molar-refractivity contribution in [3.05, 3.63) is 187 Å². The Balaban J connectivity index is 1.13. The van der Waals surface area contributed by atoms with Crippen LogP contribution in [-0.4, -0.2) is 0 Å². The molecule has 7 aromatic carbocycles. The van der Waals surface area contributed by atoms with Gasteiger partial charge >= 0.3 is 0 Å². The van der Waals surface area contributed by atoms with E-state index in [-0.39, 0.29) is 0 Å². The van der Waals surface area contributed by atoms with Crippen molar-refractivity contribution < 1.29 is 0 Å². The van der Waals surface area contributed by atoms with Crippen LogP contribution in [0.15, 0.2) is 170 Å². The fourth-order valence-corrected chi connectivity index (χ4v) is 9.07. The molecule has 0 fully saturated rings. The lowest BCUT2D eigenvalue weighted by molar-refractivity contribution is 1.29. The summed E-state index contributed by atoms with van der Waals surface area (Å²) in [4.78, 5) is 2.34. The van der Waals surface area contributed by atoms with Gasteiger partial charge in [0.1, 0.15) is 0 Å². The normalized spacial score (nSPS) is 12.0. The lowest BCUT2D eigenvalue weighted by atomic mass is 9.95. The molecule has 0 bridgehead atoms. The van der Waals surface area contributed by atoms with Crippen molar-refractivity contribution in [1.29, 1.82) is 0 Å². The molecule has 0 atom stereocenters. The van der Waals surface area contributed by atoms with Crippen LogP contribution in [0.1, 0.15) is 16.7 Å². The lowest BCUT2D eigenvalue weighted by Gasteiger charge is -2.25. The second-order valence-electron chi connectivity index (χ2n) is 12.2. The van der Waals surface area contributed by atoms with Gasteiger partial charge in [0.2, 0.25) is 0 Å². The van der Waals surface area contributed by atoms with Crippen molar-refractivity contribution in [2.45, 2.75) is 6.42 Å². The first-order chi connectivity index (χ1) is 23.8. The molecule has 0 aliphatic rings. The van der Waals surface area contributed by atoms with Gasteiger partial charge in [-0.25, -0.2) is 0 Å². The van der Waals surface area contributed by atoms with E-state index < -0.39 is 0 Å². The smallest absolute Gasteiger partial charge is 0.0468 e. The fourth-order valence-electron chi connectivity index (χ4n) is 6.79. The SMILES string of the molecule is C(=C(\Cc1ccccc1)c1ccc2c(c1)sc1ccccc12)/c1ccc2c(c1)sc1ccc(N(c3ccccc3)c3ccccc3)cc12. The number of fused-ring (bicyclic) bond motifs is 6. The van der Waals surface area contributed by atoms with Crippen molar-refractivity contribution in [1.82, 2.24) is 0 Å². The van der Waals surface area contributed by atoms with Crippen LogP contribution >= 0.6 is 22.7 Å². The Bertz CT molecular complexity index is 2540. The number of hydrogen-bond donors (Lipinski definition) is 0. The molecule has 48 heavy (non-hydrogen) atoms. The number of benzene rings is 7. The van der Waals surface area contributed by atoms with Gasteiger partial charge in [-0.05, 0) is 89.3 Å². The molecule has 9 aromatic rings. The molecule has 0 saturated carbocycles. The Hall–Kier alpha value is -5.48. The molecule has 0 spiro atoms. The van der Waals surface area contributed by atoms with E-state index in [4.69, 9.17) is 0 Å². The quantitative estimate of drug-likeness (QED) is 0.155. The Morgan fingerprint density at radius 2 is 1.02 bits per heavy atom. The van der Waals surface area contributed by atoms with Crippen molar-refractivity contribution in [2.75, 3.05) is 4.90 Å². The van der Waals surface area contributed by atoms with Crippen LogP contribution in [0.4, 0.5) is 17.1 Å². The summed E-state index contributed by atoms with van der Waals surface area (Å²) in [5, 5.41) is 5.26. The van der Waals surface area contributed by atoms with Gasteiger partial charge < -0.3 is 4.90 Å². The van der Waals surface area contributed by atoms with E-state index in [0.29, 0.717) is 0 Å². The maximum absolute atomic E-state index is 2.39.